The number of nitrogens with two attached hydrogens (primary N) is 1. The molecule has 0 fully saturated rings. The second-order valence-electron chi connectivity index (χ2n) is 4.68. The van der Waals surface area contributed by atoms with Crippen LogP contribution in [-0.4, -0.2) is 22.2 Å². The normalized spacial score (nSPS) is 10.5. The van der Waals surface area contributed by atoms with E-state index < -0.39 is 0 Å². The summed E-state index contributed by atoms with van der Waals surface area (Å²) in [6, 6.07) is 10.0. The maximum atomic E-state index is 12.2. The van der Waals surface area contributed by atoms with E-state index in [0.29, 0.717) is 17.9 Å². The molecule has 0 aliphatic carbocycles. The molecule has 0 atom stereocenters. The summed E-state index contributed by atoms with van der Waals surface area (Å²) < 4.78 is 1.55. The minimum absolute atomic E-state index is 0.173. The summed E-state index contributed by atoms with van der Waals surface area (Å²) in [7, 11) is 1.74. The number of anilines is 1. The average molecular weight is 272 g/mol. The largest absolute Gasteiger partial charge is 0.395 e. The predicted molar refractivity (Wildman–Crippen MR) is 79.5 cm³/mol. The first kappa shape index (κ1) is 14.1. The smallest absolute Gasteiger partial charge is 0.271 e. The zero-order valence-corrected chi connectivity index (χ0v) is 11.9. The van der Waals surface area contributed by atoms with Gasteiger partial charge in [-0.3, -0.25) is 9.48 Å². The number of amides is 1. The lowest BCUT2D eigenvalue weighted by molar-refractivity contribution is 0.0945. The molecule has 1 aromatic heterocycles. The average Bonchev–Trinajstić information content (AvgIpc) is 2.74. The molecule has 5 heteroatoms. The molecule has 1 heterocycles. The molecule has 0 saturated carbocycles. The van der Waals surface area contributed by atoms with Crippen LogP contribution in [0.2, 0.25) is 0 Å². The van der Waals surface area contributed by atoms with Crippen LogP contribution in [0.1, 0.15) is 28.7 Å². The van der Waals surface area contributed by atoms with Crippen molar-refractivity contribution < 1.29 is 4.79 Å². The number of nitrogens with zero attached hydrogens (tertiary/aromatic N) is 2. The van der Waals surface area contributed by atoms with Gasteiger partial charge in [0.2, 0.25) is 0 Å². The van der Waals surface area contributed by atoms with Crippen LogP contribution in [0.15, 0.2) is 30.3 Å². The summed E-state index contributed by atoms with van der Waals surface area (Å²) in [4.78, 5) is 12.2. The SMILES string of the molecule is CCc1nn(C)c(C(=O)NCCc2ccccc2)c1N. The Balaban J connectivity index is 1.97. The summed E-state index contributed by atoms with van der Waals surface area (Å²) in [5.41, 5.74) is 8.83. The number of hydrogen-bond acceptors (Lipinski definition) is 3. The van der Waals surface area contributed by atoms with Crippen LogP contribution >= 0.6 is 0 Å². The van der Waals surface area contributed by atoms with Gasteiger partial charge >= 0.3 is 0 Å². The van der Waals surface area contributed by atoms with E-state index in [9.17, 15) is 4.79 Å². The minimum Gasteiger partial charge on any atom is -0.395 e. The number of rotatable bonds is 5. The predicted octanol–water partition coefficient (Wildman–Crippen LogP) is 1.54. The Labute approximate surface area is 118 Å². The Morgan fingerprint density at radius 3 is 2.65 bits per heavy atom. The molecule has 3 N–H and O–H groups in total. The fourth-order valence-corrected chi connectivity index (χ4v) is 2.18. The van der Waals surface area contributed by atoms with Crippen molar-refractivity contribution in [2.45, 2.75) is 19.8 Å². The van der Waals surface area contributed by atoms with Gasteiger partial charge in [0, 0.05) is 13.6 Å². The monoisotopic (exact) mass is 272 g/mol. The molecule has 1 amide bonds. The number of carbonyl (C=O) groups excluding carboxylic acids is 1. The van der Waals surface area contributed by atoms with Crippen molar-refractivity contribution in [3.05, 3.63) is 47.3 Å². The van der Waals surface area contributed by atoms with Crippen LogP contribution in [0.5, 0.6) is 0 Å². The zero-order valence-electron chi connectivity index (χ0n) is 11.9. The van der Waals surface area contributed by atoms with E-state index in [0.717, 1.165) is 18.5 Å². The number of carbonyl (C=O) groups is 1. The van der Waals surface area contributed by atoms with Crippen LogP contribution in [0.4, 0.5) is 5.69 Å². The Hall–Kier alpha value is -2.30. The third-order valence-corrected chi connectivity index (χ3v) is 3.25. The lowest BCUT2D eigenvalue weighted by Crippen LogP contribution is -2.28. The molecule has 0 radical (unpaired) electrons. The van der Waals surface area contributed by atoms with Gasteiger partial charge in [0.25, 0.3) is 5.91 Å². The fourth-order valence-electron chi connectivity index (χ4n) is 2.18. The Morgan fingerprint density at radius 2 is 2.05 bits per heavy atom. The van der Waals surface area contributed by atoms with Crippen LogP contribution < -0.4 is 11.1 Å². The van der Waals surface area contributed by atoms with Crippen LogP contribution in [-0.2, 0) is 19.9 Å². The van der Waals surface area contributed by atoms with E-state index >= 15 is 0 Å². The summed E-state index contributed by atoms with van der Waals surface area (Å²) in [5, 5.41) is 7.13. The molecule has 0 saturated heterocycles. The van der Waals surface area contributed by atoms with E-state index in [-0.39, 0.29) is 5.91 Å². The van der Waals surface area contributed by atoms with Crippen molar-refractivity contribution in [1.29, 1.82) is 0 Å². The van der Waals surface area contributed by atoms with Crippen LogP contribution in [0.3, 0.4) is 0 Å². The van der Waals surface area contributed by atoms with Gasteiger partial charge in [0.05, 0.1) is 11.4 Å². The second-order valence-corrected chi connectivity index (χ2v) is 4.68. The van der Waals surface area contributed by atoms with Crippen molar-refractivity contribution in [2.24, 2.45) is 7.05 Å². The second kappa shape index (κ2) is 6.23. The Kier molecular flexibility index (Phi) is 4.40. The molecule has 0 aliphatic rings. The van der Waals surface area contributed by atoms with E-state index in [4.69, 9.17) is 5.73 Å². The molecular formula is C15H20N4O. The first-order valence-corrected chi connectivity index (χ1v) is 6.77. The molecule has 0 bridgehead atoms. The van der Waals surface area contributed by atoms with Crippen molar-refractivity contribution in [2.75, 3.05) is 12.3 Å². The lowest BCUT2D eigenvalue weighted by atomic mass is 10.1. The van der Waals surface area contributed by atoms with E-state index in [1.807, 2.05) is 37.3 Å². The number of hydrogen-bond donors (Lipinski definition) is 2. The van der Waals surface area contributed by atoms with Crippen LogP contribution in [0, 0.1) is 0 Å². The number of nitrogen functional groups attached to an aromatic ring is 1. The van der Waals surface area contributed by atoms with Gasteiger partial charge in [-0.05, 0) is 18.4 Å². The maximum absolute atomic E-state index is 12.2. The summed E-state index contributed by atoms with van der Waals surface area (Å²) in [6.45, 7) is 2.55. The molecule has 0 unspecified atom stereocenters. The Bertz CT molecular complexity index is 589. The first-order chi connectivity index (χ1) is 9.63. The highest BCUT2D eigenvalue weighted by atomic mass is 16.2. The van der Waals surface area contributed by atoms with E-state index in [1.54, 1.807) is 11.7 Å². The maximum Gasteiger partial charge on any atom is 0.271 e. The molecule has 106 valence electrons. The van der Waals surface area contributed by atoms with Gasteiger partial charge in [-0.2, -0.15) is 5.10 Å². The van der Waals surface area contributed by atoms with Crippen molar-refractivity contribution in [3.8, 4) is 0 Å². The molecule has 2 aromatic rings. The Morgan fingerprint density at radius 1 is 1.35 bits per heavy atom. The number of aromatic nitrogens is 2. The molecule has 0 aliphatic heterocycles. The highest BCUT2D eigenvalue weighted by Gasteiger charge is 2.18. The van der Waals surface area contributed by atoms with Crippen molar-refractivity contribution in [3.63, 3.8) is 0 Å². The summed E-state index contributed by atoms with van der Waals surface area (Å²) >= 11 is 0. The lowest BCUT2D eigenvalue weighted by Gasteiger charge is -2.06. The molecular weight excluding hydrogens is 252 g/mol. The molecule has 2 rings (SSSR count). The third-order valence-electron chi connectivity index (χ3n) is 3.25. The molecule has 0 spiro atoms. The molecule has 1 aromatic carbocycles. The van der Waals surface area contributed by atoms with Gasteiger partial charge in [0.1, 0.15) is 5.69 Å². The van der Waals surface area contributed by atoms with E-state index in [2.05, 4.69) is 10.4 Å². The molecule has 5 nitrogen and oxygen atoms in total. The first-order valence-electron chi connectivity index (χ1n) is 6.77. The standard InChI is InChI=1S/C15H20N4O/c1-3-12-13(16)14(19(2)18-12)15(20)17-10-9-11-7-5-4-6-8-11/h4-8H,3,9-10,16H2,1-2H3,(H,17,20). The highest BCUT2D eigenvalue weighted by molar-refractivity contribution is 5.97. The third kappa shape index (κ3) is 2.99. The minimum atomic E-state index is -0.173. The van der Waals surface area contributed by atoms with Crippen molar-refractivity contribution >= 4 is 11.6 Å². The number of aryl methyl sites for hydroxylation is 2. The van der Waals surface area contributed by atoms with Gasteiger partial charge in [-0.25, -0.2) is 0 Å². The zero-order chi connectivity index (χ0) is 14.5. The van der Waals surface area contributed by atoms with Gasteiger partial charge < -0.3 is 11.1 Å². The van der Waals surface area contributed by atoms with Gasteiger partial charge in [-0.15, -0.1) is 0 Å². The van der Waals surface area contributed by atoms with Gasteiger partial charge in [-0.1, -0.05) is 37.3 Å². The van der Waals surface area contributed by atoms with Crippen LogP contribution in [0.25, 0.3) is 0 Å². The number of nitrogens with one attached hydrogen (secondary N) is 1. The van der Waals surface area contributed by atoms with Gasteiger partial charge in [0.15, 0.2) is 0 Å². The topological polar surface area (TPSA) is 72.9 Å². The van der Waals surface area contributed by atoms with Crippen molar-refractivity contribution in [1.82, 2.24) is 15.1 Å². The van der Waals surface area contributed by atoms with E-state index in [1.165, 1.54) is 5.56 Å². The molecule has 20 heavy (non-hydrogen) atoms. The quantitative estimate of drug-likeness (QED) is 0.867. The summed E-state index contributed by atoms with van der Waals surface area (Å²) in [6.07, 6.45) is 1.52. The number of benzene rings is 1. The highest BCUT2D eigenvalue weighted by Crippen LogP contribution is 2.16. The summed E-state index contributed by atoms with van der Waals surface area (Å²) in [5.74, 6) is -0.173. The fraction of sp³-hybridized carbons (Fsp3) is 0.333.